The molecule has 0 radical (unpaired) electrons. The van der Waals surface area contributed by atoms with Gasteiger partial charge in [0.25, 0.3) is 17.7 Å². The molecule has 7 nitrogen and oxygen atoms in total. The summed E-state index contributed by atoms with van der Waals surface area (Å²) in [5.74, 6) is -1.58. The molecule has 0 aromatic heterocycles. The quantitative estimate of drug-likeness (QED) is 0.807. The Balaban J connectivity index is 1.87. The molecule has 8 heteroatoms. The minimum absolute atomic E-state index is 0.0635. The molecule has 2 aromatic rings. The number of nitrogens with one attached hydrogen (secondary N) is 2. The van der Waals surface area contributed by atoms with Crippen LogP contribution in [0.3, 0.4) is 0 Å². The number of anilines is 1. The van der Waals surface area contributed by atoms with Crippen LogP contribution < -0.4 is 10.6 Å². The highest BCUT2D eigenvalue weighted by molar-refractivity contribution is 7.91. The molecule has 25 heavy (non-hydrogen) atoms. The topological polar surface area (TPSA) is 109 Å². The van der Waals surface area contributed by atoms with E-state index in [1.165, 1.54) is 49.4 Å². The molecule has 0 fully saturated rings. The lowest BCUT2D eigenvalue weighted by molar-refractivity contribution is 0.0878. The predicted molar refractivity (Wildman–Crippen MR) is 90.4 cm³/mol. The van der Waals surface area contributed by atoms with Crippen LogP contribution in [0.4, 0.5) is 5.69 Å². The van der Waals surface area contributed by atoms with Gasteiger partial charge in [0, 0.05) is 11.3 Å². The van der Waals surface area contributed by atoms with Crippen molar-refractivity contribution < 1.29 is 22.8 Å². The van der Waals surface area contributed by atoms with Crippen LogP contribution in [-0.2, 0) is 9.84 Å². The molecular weight excluding hydrogens is 344 g/mol. The van der Waals surface area contributed by atoms with E-state index in [1.54, 1.807) is 0 Å². The molecule has 1 heterocycles. The van der Waals surface area contributed by atoms with Gasteiger partial charge >= 0.3 is 0 Å². The van der Waals surface area contributed by atoms with E-state index >= 15 is 0 Å². The van der Waals surface area contributed by atoms with Gasteiger partial charge in [-0.15, -0.1) is 0 Å². The monoisotopic (exact) mass is 358 g/mol. The second-order valence-electron chi connectivity index (χ2n) is 5.43. The zero-order chi connectivity index (χ0) is 18.2. The second-order valence-corrected chi connectivity index (χ2v) is 7.71. The van der Waals surface area contributed by atoms with Gasteiger partial charge in [-0.25, -0.2) is 8.42 Å². The van der Waals surface area contributed by atoms with E-state index in [4.69, 9.17) is 0 Å². The minimum Gasteiger partial charge on any atom is -0.322 e. The van der Waals surface area contributed by atoms with Crippen molar-refractivity contribution >= 4 is 33.2 Å². The normalized spacial score (nSPS) is 13.3. The Bertz CT molecular complexity index is 1010. The van der Waals surface area contributed by atoms with Crippen molar-refractivity contribution in [2.24, 2.45) is 0 Å². The summed E-state index contributed by atoms with van der Waals surface area (Å²) < 4.78 is 23.8. The summed E-state index contributed by atoms with van der Waals surface area (Å²) >= 11 is 0. The van der Waals surface area contributed by atoms with E-state index in [2.05, 4.69) is 10.6 Å². The summed E-state index contributed by atoms with van der Waals surface area (Å²) in [5.41, 5.74) is 0.942. The fourth-order valence-electron chi connectivity index (χ4n) is 2.45. The molecule has 2 aromatic carbocycles. The molecule has 0 saturated carbocycles. The van der Waals surface area contributed by atoms with Gasteiger partial charge in [-0.3, -0.25) is 19.7 Å². The molecule has 0 saturated heterocycles. The Hall–Kier alpha value is -3.00. The van der Waals surface area contributed by atoms with Crippen molar-refractivity contribution in [1.82, 2.24) is 5.32 Å². The van der Waals surface area contributed by atoms with Crippen molar-refractivity contribution in [2.45, 2.75) is 11.8 Å². The predicted octanol–water partition coefficient (Wildman–Crippen LogP) is 1.62. The Morgan fingerprint density at radius 1 is 1.04 bits per heavy atom. The number of benzene rings is 2. The van der Waals surface area contributed by atoms with E-state index < -0.39 is 27.6 Å². The lowest BCUT2D eigenvalue weighted by Crippen LogP contribution is -2.19. The number of rotatable bonds is 4. The van der Waals surface area contributed by atoms with Gasteiger partial charge < -0.3 is 5.32 Å². The van der Waals surface area contributed by atoms with Crippen LogP contribution >= 0.6 is 0 Å². The molecule has 1 aliphatic rings. The molecule has 0 unspecified atom stereocenters. The first-order chi connectivity index (χ1) is 11.8. The highest BCUT2D eigenvalue weighted by atomic mass is 32.2. The van der Waals surface area contributed by atoms with Gasteiger partial charge in [-0.2, -0.15) is 0 Å². The molecule has 3 amide bonds. The molecule has 0 spiro atoms. The van der Waals surface area contributed by atoms with Crippen LogP contribution in [0.1, 0.15) is 38.0 Å². The van der Waals surface area contributed by atoms with Crippen molar-refractivity contribution in [3.63, 3.8) is 0 Å². The standard InChI is InChI=1S/C17H14N2O5S/c1-2-25(23,24)12-5-3-4-10(8-12)15(20)18-11-6-7-13-14(9-11)17(22)19-16(13)21/h3-9H,2H2,1H3,(H,18,20)(H,19,21,22). The van der Waals surface area contributed by atoms with Crippen LogP contribution in [0, 0.1) is 0 Å². The number of imide groups is 1. The van der Waals surface area contributed by atoms with E-state index in [9.17, 15) is 22.8 Å². The number of carbonyl (C=O) groups is 3. The third kappa shape index (κ3) is 3.16. The largest absolute Gasteiger partial charge is 0.322 e. The molecule has 0 atom stereocenters. The second kappa shape index (κ2) is 6.14. The zero-order valence-electron chi connectivity index (χ0n) is 13.2. The molecule has 0 aliphatic carbocycles. The summed E-state index contributed by atoms with van der Waals surface area (Å²) in [4.78, 5) is 35.6. The Labute approximate surface area is 144 Å². The third-order valence-corrected chi connectivity index (χ3v) is 5.56. The van der Waals surface area contributed by atoms with Gasteiger partial charge in [0.05, 0.1) is 21.8 Å². The van der Waals surface area contributed by atoms with Crippen molar-refractivity contribution in [3.05, 3.63) is 59.2 Å². The molecule has 2 N–H and O–H groups in total. The lowest BCUT2D eigenvalue weighted by Gasteiger charge is -2.08. The van der Waals surface area contributed by atoms with Gasteiger partial charge in [0.2, 0.25) is 0 Å². The Kier molecular flexibility index (Phi) is 4.13. The molecule has 3 rings (SSSR count). The number of amides is 3. The third-order valence-electron chi connectivity index (χ3n) is 3.83. The van der Waals surface area contributed by atoms with Crippen molar-refractivity contribution in [3.8, 4) is 0 Å². The zero-order valence-corrected chi connectivity index (χ0v) is 14.0. The highest BCUT2D eigenvalue weighted by Gasteiger charge is 2.26. The lowest BCUT2D eigenvalue weighted by atomic mass is 10.1. The molecule has 128 valence electrons. The molecule has 0 bridgehead atoms. The van der Waals surface area contributed by atoms with Crippen LogP contribution in [0.2, 0.25) is 0 Å². The van der Waals surface area contributed by atoms with Gasteiger partial charge in [0.1, 0.15) is 0 Å². The maximum atomic E-state index is 12.4. The van der Waals surface area contributed by atoms with E-state index in [1.807, 2.05) is 0 Å². The smallest absolute Gasteiger partial charge is 0.259 e. The first-order valence-electron chi connectivity index (χ1n) is 7.46. The summed E-state index contributed by atoms with van der Waals surface area (Å²) in [5, 5.41) is 4.76. The summed E-state index contributed by atoms with van der Waals surface area (Å²) in [6.45, 7) is 1.53. The van der Waals surface area contributed by atoms with Gasteiger partial charge in [0.15, 0.2) is 9.84 Å². The van der Waals surface area contributed by atoms with Crippen LogP contribution in [0.5, 0.6) is 0 Å². The summed E-state index contributed by atoms with van der Waals surface area (Å²) in [7, 11) is -3.42. The van der Waals surface area contributed by atoms with E-state index in [-0.39, 0.29) is 27.3 Å². The van der Waals surface area contributed by atoms with Crippen molar-refractivity contribution in [1.29, 1.82) is 0 Å². The summed E-state index contributed by atoms with van der Waals surface area (Å²) in [6.07, 6.45) is 0. The van der Waals surface area contributed by atoms with Crippen LogP contribution in [0.15, 0.2) is 47.4 Å². The maximum Gasteiger partial charge on any atom is 0.259 e. The first kappa shape index (κ1) is 16.8. The average molecular weight is 358 g/mol. The SMILES string of the molecule is CCS(=O)(=O)c1cccc(C(=O)Nc2ccc3c(c2)C(=O)NC3=O)c1. The minimum atomic E-state index is -3.42. The fraction of sp³-hybridized carbons (Fsp3) is 0.118. The summed E-state index contributed by atoms with van der Waals surface area (Å²) in [6, 6.07) is 10.1. The maximum absolute atomic E-state index is 12.4. The first-order valence-corrected chi connectivity index (χ1v) is 9.11. The fourth-order valence-corrected chi connectivity index (χ4v) is 3.37. The van der Waals surface area contributed by atoms with E-state index in [0.29, 0.717) is 5.69 Å². The highest BCUT2D eigenvalue weighted by Crippen LogP contribution is 2.21. The number of sulfone groups is 1. The van der Waals surface area contributed by atoms with Crippen LogP contribution in [-0.4, -0.2) is 31.9 Å². The van der Waals surface area contributed by atoms with Crippen LogP contribution in [0.25, 0.3) is 0 Å². The number of fused-ring (bicyclic) bond motifs is 1. The van der Waals surface area contributed by atoms with Gasteiger partial charge in [-0.05, 0) is 36.4 Å². The number of hydrogen-bond donors (Lipinski definition) is 2. The molecular formula is C17H14N2O5S. The molecule has 1 aliphatic heterocycles. The van der Waals surface area contributed by atoms with E-state index in [0.717, 1.165) is 0 Å². The number of carbonyl (C=O) groups excluding carboxylic acids is 3. The average Bonchev–Trinajstić information content (AvgIpc) is 2.89. The number of hydrogen-bond acceptors (Lipinski definition) is 5. The Morgan fingerprint density at radius 3 is 2.48 bits per heavy atom. The van der Waals surface area contributed by atoms with Gasteiger partial charge in [-0.1, -0.05) is 13.0 Å². The van der Waals surface area contributed by atoms with Crippen molar-refractivity contribution in [2.75, 3.05) is 11.1 Å². The Morgan fingerprint density at radius 2 is 1.76 bits per heavy atom.